The summed E-state index contributed by atoms with van der Waals surface area (Å²) in [5.74, 6) is 0.433. The predicted molar refractivity (Wildman–Crippen MR) is 88.3 cm³/mol. The molecule has 0 saturated carbocycles. The van der Waals surface area contributed by atoms with E-state index in [0.29, 0.717) is 17.1 Å². The monoisotopic (exact) mass is 292 g/mol. The van der Waals surface area contributed by atoms with Crippen LogP contribution < -0.4 is 10.2 Å². The molecule has 0 aliphatic heterocycles. The minimum atomic E-state index is -0.199. The van der Waals surface area contributed by atoms with Crippen LogP contribution in [0.2, 0.25) is 0 Å². The molecule has 110 valence electrons. The summed E-state index contributed by atoms with van der Waals surface area (Å²) in [5, 5.41) is 3.91. The second-order valence-corrected chi connectivity index (χ2v) is 5.10. The third kappa shape index (κ3) is 2.61. The van der Waals surface area contributed by atoms with Gasteiger partial charge in [-0.05, 0) is 24.3 Å². The maximum Gasteiger partial charge on any atom is 0.259 e. The van der Waals surface area contributed by atoms with Gasteiger partial charge in [-0.15, -0.1) is 0 Å². The van der Waals surface area contributed by atoms with Crippen molar-refractivity contribution in [3.05, 3.63) is 60.4 Å². The van der Waals surface area contributed by atoms with E-state index in [9.17, 15) is 4.79 Å². The molecule has 0 bridgehead atoms. The number of anilines is 2. The van der Waals surface area contributed by atoms with Gasteiger partial charge in [0.05, 0.1) is 16.8 Å². The van der Waals surface area contributed by atoms with Gasteiger partial charge in [-0.25, -0.2) is 4.98 Å². The van der Waals surface area contributed by atoms with E-state index < -0.39 is 0 Å². The minimum Gasteiger partial charge on any atom is -0.362 e. The Morgan fingerprint density at radius 3 is 2.55 bits per heavy atom. The molecular weight excluding hydrogens is 276 g/mol. The van der Waals surface area contributed by atoms with E-state index >= 15 is 0 Å². The van der Waals surface area contributed by atoms with Crippen molar-refractivity contribution in [1.82, 2.24) is 9.97 Å². The van der Waals surface area contributed by atoms with Crippen LogP contribution in [0, 0.1) is 0 Å². The number of aromatic nitrogens is 2. The zero-order valence-electron chi connectivity index (χ0n) is 12.4. The summed E-state index contributed by atoms with van der Waals surface area (Å²) in [6.45, 7) is 0. The van der Waals surface area contributed by atoms with E-state index in [-0.39, 0.29) is 5.91 Å². The highest BCUT2D eigenvalue weighted by Crippen LogP contribution is 2.22. The van der Waals surface area contributed by atoms with Gasteiger partial charge in [0.15, 0.2) is 0 Å². The molecule has 1 aromatic carbocycles. The number of rotatable bonds is 3. The van der Waals surface area contributed by atoms with Crippen LogP contribution in [-0.4, -0.2) is 30.0 Å². The number of pyridine rings is 2. The molecule has 5 nitrogen and oxygen atoms in total. The summed E-state index contributed by atoms with van der Waals surface area (Å²) in [6.07, 6.45) is 3.39. The number of carbonyl (C=O) groups excluding carboxylic acids is 1. The van der Waals surface area contributed by atoms with E-state index in [1.54, 1.807) is 24.5 Å². The van der Waals surface area contributed by atoms with Crippen LogP contribution in [-0.2, 0) is 0 Å². The largest absolute Gasteiger partial charge is 0.362 e. The molecule has 22 heavy (non-hydrogen) atoms. The third-order valence-corrected chi connectivity index (χ3v) is 3.34. The van der Waals surface area contributed by atoms with Gasteiger partial charge >= 0.3 is 0 Å². The molecule has 1 amide bonds. The average molecular weight is 292 g/mol. The number of hydrogen-bond donors (Lipinski definition) is 1. The quantitative estimate of drug-likeness (QED) is 0.806. The Hall–Kier alpha value is -2.95. The van der Waals surface area contributed by atoms with Gasteiger partial charge in [0.25, 0.3) is 5.91 Å². The summed E-state index contributed by atoms with van der Waals surface area (Å²) >= 11 is 0. The van der Waals surface area contributed by atoms with Crippen LogP contribution >= 0.6 is 0 Å². The number of nitrogens with zero attached hydrogens (tertiary/aromatic N) is 3. The molecule has 0 aliphatic rings. The molecule has 2 aromatic heterocycles. The zero-order valence-corrected chi connectivity index (χ0v) is 12.4. The van der Waals surface area contributed by atoms with Crippen molar-refractivity contribution < 1.29 is 4.79 Å². The predicted octanol–water partition coefficient (Wildman–Crippen LogP) is 2.95. The first-order chi connectivity index (χ1) is 10.7. The first-order valence-electron chi connectivity index (χ1n) is 6.94. The molecule has 2 heterocycles. The Balaban J connectivity index is 1.98. The molecule has 5 heteroatoms. The van der Waals surface area contributed by atoms with Crippen molar-refractivity contribution >= 4 is 28.3 Å². The van der Waals surface area contributed by atoms with Gasteiger partial charge in [-0.2, -0.15) is 0 Å². The summed E-state index contributed by atoms with van der Waals surface area (Å²) < 4.78 is 0. The van der Waals surface area contributed by atoms with Crippen molar-refractivity contribution in [1.29, 1.82) is 0 Å². The third-order valence-electron chi connectivity index (χ3n) is 3.34. The number of nitrogens with one attached hydrogen (secondary N) is 1. The SMILES string of the molecule is CN(C)c1ncccc1C(=O)Nc1cccc2cccnc12. The maximum absolute atomic E-state index is 12.6. The summed E-state index contributed by atoms with van der Waals surface area (Å²) in [5.41, 5.74) is 1.99. The fourth-order valence-electron chi connectivity index (χ4n) is 2.33. The standard InChI is InChI=1S/C17H16N4O/c1-21(2)16-13(8-5-11-19-16)17(22)20-14-9-3-6-12-7-4-10-18-15(12)14/h3-11H,1-2H3,(H,20,22). The first kappa shape index (κ1) is 14.0. The smallest absolute Gasteiger partial charge is 0.259 e. The molecule has 0 fully saturated rings. The number of benzene rings is 1. The highest BCUT2D eigenvalue weighted by molar-refractivity contribution is 6.10. The average Bonchev–Trinajstić information content (AvgIpc) is 2.55. The number of amides is 1. The summed E-state index contributed by atoms with van der Waals surface area (Å²) in [7, 11) is 3.72. The lowest BCUT2D eigenvalue weighted by molar-refractivity contribution is 0.102. The van der Waals surface area contributed by atoms with Gasteiger partial charge in [0, 0.05) is 31.9 Å². The van der Waals surface area contributed by atoms with E-state index in [0.717, 1.165) is 10.9 Å². The molecule has 0 radical (unpaired) electrons. The number of para-hydroxylation sites is 1. The molecule has 1 N–H and O–H groups in total. The molecule has 0 aliphatic carbocycles. The lowest BCUT2D eigenvalue weighted by atomic mass is 10.1. The lowest BCUT2D eigenvalue weighted by Crippen LogP contribution is -2.19. The number of hydrogen-bond acceptors (Lipinski definition) is 4. The Labute approximate surface area is 128 Å². The lowest BCUT2D eigenvalue weighted by Gasteiger charge is -2.15. The Morgan fingerprint density at radius 2 is 1.73 bits per heavy atom. The Kier molecular flexibility index (Phi) is 3.70. The topological polar surface area (TPSA) is 58.1 Å². The summed E-state index contributed by atoms with van der Waals surface area (Å²) in [4.78, 5) is 23.0. The maximum atomic E-state index is 12.6. The summed E-state index contributed by atoms with van der Waals surface area (Å²) in [6, 6.07) is 13.1. The van der Waals surface area contributed by atoms with Crippen LogP contribution in [0.25, 0.3) is 10.9 Å². The normalized spacial score (nSPS) is 10.5. The zero-order chi connectivity index (χ0) is 15.5. The van der Waals surface area contributed by atoms with Crippen molar-refractivity contribution in [2.45, 2.75) is 0 Å². The van der Waals surface area contributed by atoms with Gasteiger partial charge in [0.2, 0.25) is 0 Å². The highest BCUT2D eigenvalue weighted by Gasteiger charge is 2.15. The van der Waals surface area contributed by atoms with E-state index in [1.807, 2.05) is 49.3 Å². The van der Waals surface area contributed by atoms with Gasteiger partial charge in [-0.1, -0.05) is 18.2 Å². The fourth-order valence-corrected chi connectivity index (χ4v) is 2.33. The molecule has 3 aromatic rings. The molecular formula is C17H16N4O. The fraction of sp³-hybridized carbons (Fsp3) is 0.118. The number of fused-ring (bicyclic) bond motifs is 1. The van der Waals surface area contributed by atoms with Crippen LogP contribution in [0.4, 0.5) is 11.5 Å². The Morgan fingerprint density at radius 1 is 1.00 bits per heavy atom. The molecule has 0 atom stereocenters. The molecule has 3 rings (SSSR count). The van der Waals surface area contributed by atoms with Crippen LogP contribution in [0.5, 0.6) is 0 Å². The van der Waals surface area contributed by atoms with E-state index in [2.05, 4.69) is 15.3 Å². The van der Waals surface area contributed by atoms with Gasteiger partial charge < -0.3 is 10.2 Å². The molecule has 0 spiro atoms. The van der Waals surface area contributed by atoms with Gasteiger partial charge in [0.1, 0.15) is 5.82 Å². The van der Waals surface area contributed by atoms with Crippen LogP contribution in [0.15, 0.2) is 54.9 Å². The molecule has 0 unspecified atom stereocenters. The van der Waals surface area contributed by atoms with E-state index in [1.165, 1.54) is 0 Å². The number of carbonyl (C=O) groups is 1. The second kappa shape index (κ2) is 5.81. The highest BCUT2D eigenvalue weighted by atomic mass is 16.1. The Bertz CT molecular complexity index is 824. The van der Waals surface area contributed by atoms with Crippen molar-refractivity contribution in [3.63, 3.8) is 0 Å². The van der Waals surface area contributed by atoms with Crippen molar-refractivity contribution in [2.75, 3.05) is 24.3 Å². The minimum absolute atomic E-state index is 0.199. The first-order valence-corrected chi connectivity index (χ1v) is 6.94. The van der Waals surface area contributed by atoms with Crippen molar-refractivity contribution in [2.24, 2.45) is 0 Å². The van der Waals surface area contributed by atoms with Crippen molar-refractivity contribution in [3.8, 4) is 0 Å². The second-order valence-electron chi connectivity index (χ2n) is 5.10. The van der Waals surface area contributed by atoms with Gasteiger partial charge in [-0.3, -0.25) is 9.78 Å². The molecule has 0 saturated heterocycles. The van der Waals surface area contributed by atoms with Crippen LogP contribution in [0.1, 0.15) is 10.4 Å². The van der Waals surface area contributed by atoms with E-state index in [4.69, 9.17) is 0 Å². The van der Waals surface area contributed by atoms with Crippen LogP contribution in [0.3, 0.4) is 0 Å².